The van der Waals surface area contributed by atoms with E-state index in [-0.39, 0.29) is 17.9 Å². The van der Waals surface area contributed by atoms with E-state index in [0.29, 0.717) is 6.61 Å². The summed E-state index contributed by atoms with van der Waals surface area (Å²) in [6, 6.07) is 13.6. The molecule has 3 rings (SSSR count). The SMILES string of the molecule is C[C@H]1CCO[C@@H]1C(=O)Nc1ccccc1NCCc1ccccn1. The van der Waals surface area contributed by atoms with Gasteiger partial charge in [0, 0.05) is 31.5 Å². The van der Waals surface area contributed by atoms with E-state index in [9.17, 15) is 4.79 Å². The van der Waals surface area contributed by atoms with Gasteiger partial charge in [0.15, 0.2) is 0 Å². The summed E-state index contributed by atoms with van der Waals surface area (Å²) >= 11 is 0. The third-order valence-corrected chi connectivity index (χ3v) is 4.25. The summed E-state index contributed by atoms with van der Waals surface area (Å²) in [5, 5.41) is 6.36. The van der Waals surface area contributed by atoms with Gasteiger partial charge in [-0.05, 0) is 36.6 Å². The first kappa shape index (κ1) is 16.5. The maximum atomic E-state index is 12.4. The fourth-order valence-corrected chi connectivity index (χ4v) is 2.85. The van der Waals surface area contributed by atoms with Gasteiger partial charge >= 0.3 is 0 Å². The molecule has 126 valence electrons. The molecule has 1 fully saturated rings. The van der Waals surface area contributed by atoms with Gasteiger partial charge < -0.3 is 15.4 Å². The predicted molar refractivity (Wildman–Crippen MR) is 95.0 cm³/mol. The molecule has 2 atom stereocenters. The summed E-state index contributed by atoms with van der Waals surface area (Å²) in [6.45, 7) is 3.46. The van der Waals surface area contributed by atoms with Gasteiger partial charge in [0.2, 0.25) is 0 Å². The lowest BCUT2D eigenvalue weighted by Gasteiger charge is -2.17. The van der Waals surface area contributed by atoms with E-state index in [1.165, 1.54) is 0 Å². The summed E-state index contributed by atoms with van der Waals surface area (Å²) < 4.78 is 5.54. The second kappa shape index (κ2) is 7.93. The minimum absolute atomic E-state index is 0.0704. The lowest BCUT2D eigenvalue weighted by Crippen LogP contribution is -2.31. The average Bonchev–Trinajstić information content (AvgIpc) is 3.03. The van der Waals surface area contributed by atoms with E-state index in [1.54, 1.807) is 6.20 Å². The molecule has 1 saturated heterocycles. The minimum atomic E-state index is -0.355. The highest BCUT2D eigenvalue weighted by molar-refractivity contribution is 5.97. The number of carbonyl (C=O) groups is 1. The zero-order chi connectivity index (χ0) is 16.8. The van der Waals surface area contributed by atoms with E-state index < -0.39 is 0 Å². The van der Waals surface area contributed by atoms with Crippen LogP contribution in [0.4, 0.5) is 11.4 Å². The Morgan fingerprint density at radius 3 is 2.71 bits per heavy atom. The topological polar surface area (TPSA) is 63.2 Å². The lowest BCUT2D eigenvalue weighted by molar-refractivity contribution is -0.126. The first-order valence-corrected chi connectivity index (χ1v) is 8.39. The second-order valence-corrected chi connectivity index (χ2v) is 6.09. The molecule has 0 unspecified atom stereocenters. The van der Waals surface area contributed by atoms with E-state index in [2.05, 4.69) is 15.6 Å². The highest BCUT2D eigenvalue weighted by Crippen LogP contribution is 2.25. The van der Waals surface area contributed by atoms with Crippen LogP contribution >= 0.6 is 0 Å². The van der Waals surface area contributed by atoms with Crippen molar-refractivity contribution in [3.8, 4) is 0 Å². The molecule has 0 radical (unpaired) electrons. The third-order valence-electron chi connectivity index (χ3n) is 4.25. The zero-order valence-electron chi connectivity index (χ0n) is 13.9. The Morgan fingerprint density at radius 2 is 2.00 bits per heavy atom. The van der Waals surface area contributed by atoms with Gasteiger partial charge in [-0.3, -0.25) is 9.78 Å². The van der Waals surface area contributed by atoms with Crippen LogP contribution in [0.3, 0.4) is 0 Å². The molecular formula is C19H23N3O2. The number of rotatable bonds is 6. The van der Waals surface area contributed by atoms with Crippen molar-refractivity contribution >= 4 is 17.3 Å². The Hall–Kier alpha value is -2.40. The number of carbonyl (C=O) groups excluding carboxylic acids is 1. The first-order valence-electron chi connectivity index (χ1n) is 8.39. The van der Waals surface area contributed by atoms with Crippen molar-refractivity contribution in [1.82, 2.24) is 4.98 Å². The van der Waals surface area contributed by atoms with Gasteiger partial charge in [0.1, 0.15) is 6.10 Å². The maximum absolute atomic E-state index is 12.4. The smallest absolute Gasteiger partial charge is 0.253 e. The fourth-order valence-electron chi connectivity index (χ4n) is 2.85. The van der Waals surface area contributed by atoms with Crippen molar-refractivity contribution in [3.05, 3.63) is 54.4 Å². The molecule has 1 aliphatic rings. The number of hydrogen-bond acceptors (Lipinski definition) is 4. The highest BCUT2D eigenvalue weighted by Gasteiger charge is 2.31. The number of benzene rings is 1. The zero-order valence-corrected chi connectivity index (χ0v) is 13.9. The van der Waals surface area contributed by atoms with Crippen LogP contribution < -0.4 is 10.6 Å². The molecule has 1 aromatic heterocycles. The molecule has 1 aliphatic heterocycles. The van der Waals surface area contributed by atoms with Crippen molar-refractivity contribution < 1.29 is 9.53 Å². The van der Waals surface area contributed by atoms with Crippen LogP contribution in [0.25, 0.3) is 0 Å². The standard InChI is InChI=1S/C19H23N3O2/c1-14-10-13-24-18(14)19(23)22-17-8-3-2-7-16(17)21-12-9-15-6-4-5-11-20-15/h2-8,11,14,18,21H,9-10,12-13H2,1H3,(H,22,23)/t14-,18-/m0/s1. The molecule has 0 aliphatic carbocycles. The average molecular weight is 325 g/mol. The fraction of sp³-hybridized carbons (Fsp3) is 0.368. The maximum Gasteiger partial charge on any atom is 0.253 e. The number of ether oxygens (including phenoxy) is 1. The number of nitrogens with zero attached hydrogens (tertiary/aromatic N) is 1. The van der Waals surface area contributed by atoms with Crippen LogP contribution in [-0.4, -0.2) is 30.1 Å². The molecular weight excluding hydrogens is 302 g/mol. The summed E-state index contributed by atoms with van der Waals surface area (Å²) in [5.74, 6) is 0.188. The van der Waals surface area contributed by atoms with Crippen LogP contribution in [0.2, 0.25) is 0 Å². The largest absolute Gasteiger partial charge is 0.383 e. The van der Waals surface area contributed by atoms with E-state index in [0.717, 1.165) is 36.5 Å². The molecule has 0 saturated carbocycles. The van der Waals surface area contributed by atoms with Crippen LogP contribution in [0.1, 0.15) is 19.0 Å². The highest BCUT2D eigenvalue weighted by atomic mass is 16.5. The van der Waals surface area contributed by atoms with Crippen LogP contribution in [0, 0.1) is 5.92 Å². The van der Waals surface area contributed by atoms with E-state index in [1.807, 2.05) is 49.4 Å². The normalized spacial score (nSPS) is 19.9. The number of para-hydroxylation sites is 2. The van der Waals surface area contributed by atoms with Crippen LogP contribution in [0.15, 0.2) is 48.7 Å². The Kier molecular flexibility index (Phi) is 5.43. The number of aromatic nitrogens is 1. The van der Waals surface area contributed by atoms with E-state index in [4.69, 9.17) is 4.74 Å². The molecule has 5 heteroatoms. The summed E-state index contributed by atoms with van der Waals surface area (Å²) in [4.78, 5) is 16.7. The Morgan fingerprint density at radius 1 is 1.21 bits per heavy atom. The lowest BCUT2D eigenvalue weighted by atomic mass is 10.0. The van der Waals surface area contributed by atoms with Crippen molar-refractivity contribution in [2.24, 2.45) is 5.92 Å². The molecule has 1 amide bonds. The monoisotopic (exact) mass is 325 g/mol. The molecule has 24 heavy (non-hydrogen) atoms. The molecule has 2 N–H and O–H groups in total. The summed E-state index contributed by atoms with van der Waals surface area (Å²) in [6.07, 6.45) is 3.20. The van der Waals surface area contributed by atoms with Crippen molar-refractivity contribution in [3.63, 3.8) is 0 Å². The Bertz CT molecular complexity index is 675. The quantitative estimate of drug-likeness (QED) is 0.856. The number of amides is 1. The van der Waals surface area contributed by atoms with Gasteiger partial charge in [-0.15, -0.1) is 0 Å². The van der Waals surface area contributed by atoms with Crippen molar-refractivity contribution in [1.29, 1.82) is 0 Å². The van der Waals surface area contributed by atoms with Gasteiger partial charge in [-0.1, -0.05) is 25.1 Å². The first-order chi connectivity index (χ1) is 11.7. The minimum Gasteiger partial charge on any atom is -0.383 e. The van der Waals surface area contributed by atoms with E-state index >= 15 is 0 Å². The Balaban J connectivity index is 1.59. The molecule has 0 spiro atoms. The molecule has 1 aromatic carbocycles. The van der Waals surface area contributed by atoms with Gasteiger partial charge in [-0.25, -0.2) is 0 Å². The third kappa shape index (κ3) is 4.11. The molecule has 0 bridgehead atoms. The number of pyridine rings is 1. The van der Waals surface area contributed by atoms with Gasteiger partial charge in [-0.2, -0.15) is 0 Å². The van der Waals surface area contributed by atoms with Crippen molar-refractivity contribution in [2.45, 2.75) is 25.9 Å². The molecule has 2 heterocycles. The summed E-state index contributed by atoms with van der Waals surface area (Å²) in [5.41, 5.74) is 2.73. The Labute approximate surface area is 142 Å². The number of hydrogen-bond donors (Lipinski definition) is 2. The van der Waals surface area contributed by atoms with Crippen LogP contribution in [0.5, 0.6) is 0 Å². The number of anilines is 2. The van der Waals surface area contributed by atoms with Gasteiger partial charge in [0.25, 0.3) is 5.91 Å². The second-order valence-electron chi connectivity index (χ2n) is 6.09. The predicted octanol–water partition coefficient (Wildman–Crippen LogP) is 3.10. The molecule has 5 nitrogen and oxygen atoms in total. The molecule has 2 aromatic rings. The number of nitrogens with one attached hydrogen (secondary N) is 2. The summed E-state index contributed by atoms with van der Waals surface area (Å²) in [7, 11) is 0. The van der Waals surface area contributed by atoms with Crippen molar-refractivity contribution in [2.75, 3.05) is 23.8 Å². The van der Waals surface area contributed by atoms with Gasteiger partial charge in [0.05, 0.1) is 11.4 Å². The van der Waals surface area contributed by atoms with Crippen LogP contribution in [-0.2, 0) is 16.0 Å².